The van der Waals surface area contributed by atoms with Crippen LogP contribution >= 0.6 is 0 Å². The highest BCUT2D eigenvalue weighted by Gasteiger charge is 2.13. The molecule has 0 radical (unpaired) electrons. The molecule has 33 heavy (non-hydrogen) atoms. The molecule has 0 aliphatic heterocycles. The van der Waals surface area contributed by atoms with Gasteiger partial charge < -0.3 is 14.8 Å². The van der Waals surface area contributed by atoms with E-state index in [2.05, 4.69) is 15.8 Å². The number of hydrazone groups is 1. The van der Waals surface area contributed by atoms with Gasteiger partial charge in [-0.25, -0.2) is 9.82 Å². The van der Waals surface area contributed by atoms with Crippen molar-refractivity contribution in [1.82, 2.24) is 10.7 Å². The first-order chi connectivity index (χ1) is 16.0. The van der Waals surface area contributed by atoms with Gasteiger partial charge in [-0.3, -0.25) is 9.59 Å². The lowest BCUT2D eigenvalue weighted by Gasteiger charge is -2.13. The van der Waals surface area contributed by atoms with Crippen LogP contribution in [0, 0.1) is 12.7 Å². The van der Waals surface area contributed by atoms with E-state index in [1.165, 1.54) is 25.5 Å². The third-order valence-corrected chi connectivity index (χ3v) is 4.68. The molecule has 3 rings (SSSR count). The van der Waals surface area contributed by atoms with E-state index >= 15 is 0 Å². The second kappa shape index (κ2) is 11.4. The van der Waals surface area contributed by atoms with Crippen LogP contribution in [-0.4, -0.2) is 25.1 Å². The average molecular weight is 449 g/mol. The van der Waals surface area contributed by atoms with Crippen molar-refractivity contribution in [2.75, 3.05) is 7.11 Å². The molecule has 2 amide bonds. The molecule has 0 spiro atoms. The standard InChI is InChI=1S/C25H24FN3O4/c1-17-6-8-18(9-7-17)14-27-24(30)25(31)29-28-15-20-4-3-5-22(32-2)23(20)33-16-19-10-12-21(26)13-11-19/h3-13,15H,14,16H2,1-2H3,(H,27,30)(H,29,31)/b28-15-. The summed E-state index contributed by atoms with van der Waals surface area (Å²) < 4.78 is 24.3. The van der Waals surface area contributed by atoms with Gasteiger partial charge in [0, 0.05) is 12.1 Å². The summed E-state index contributed by atoms with van der Waals surface area (Å²) in [5.74, 6) is -1.17. The van der Waals surface area contributed by atoms with E-state index in [0.717, 1.165) is 16.7 Å². The Bertz CT molecular complexity index is 1130. The molecule has 0 saturated heterocycles. The van der Waals surface area contributed by atoms with Crippen molar-refractivity contribution in [3.8, 4) is 11.5 Å². The summed E-state index contributed by atoms with van der Waals surface area (Å²) in [7, 11) is 1.50. The normalized spacial score (nSPS) is 10.6. The van der Waals surface area contributed by atoms with Crippen molar-refractivity contribution in [2.45, 2.75) is 20.1 Å². The van der Waals surface area contributed by atoms with Gasteiger partial charge in [0.1, 0.15) is 12.4 Å². The fraction of sp³-hybridized carbons (Fsp3) is 0.160. The highest BCUT2D eigenvalue weighted by atomic mass is 19.1. The Balaban J connectivity index is 1.59. The van der Waals surface area contributed by atoms with Crippen LogP contribution < -0.4 is 20.2 Å². The molecule has 0 unspecified atom stereocenters. The second-order valence-electron chi connectivity index (χ2n) is 7.16. The van der Waals surface area contributed by atoms with Gasteiger partial charge in [-0.2, -0.15) is 5.10 Å². The third kappa shape index (κ3) is 6.90. The minimum Gasteiger partial charge on any atom is -0.493 e. The zero-order valence-corrected chi connectivity index (χ0v) is 18.3. The number of carbonyl (C=O) groups is 2. The van der Waals surface area contributed by atoms with Crippen LogP contribution in [0.15, 0.2) is 71.8 Å². The van der Waals surface area contributed by atoms with E-state index in [9.17, 15) is 14.0 Å². The number of ether oxygens (including phenoxy) is 2. The van der Waals surface area contributed by atoms with Gasteiger partial charge in [-0.05, 0) is 42.3 Å². The first kappa shape index (κ1) is 23.5. The molecule has 0 atom stereocenters. The maximum absolute atomic E-state index is 13.1. The molecule has 8 heteroatoms. The number of hydrogen-bond acceptors (Lipinski definition) is 5. The summed E-state index contributed by atoms with van der Waals surface area (Å²) in [5, 5.41) is 6.40. The van der Waals surface area contributed by atoms with Gasteiger partial charge in [0.25, 0.3) is 0 Å². The monoisotopic (exact) mass is 449 g/mol. The third-order valence-electron chi connectivity index (χ3n) is 4.68. The number of nitrogens with one attached hydrogen (secondary N) is 2. The van der Waals surface area contributed by atoms with Crippen LogP contribution in [0.1, 0.15) is 22.3 Å². The topological polar surface area (TPSA) is 89.0 Å². The lowest BCUT2D eigenvalue weighted by Crippen LogP contribution is -2.37. The number of halogens is 1. The molecule has 0 saturated carbocycles. The summed E-state index contributed by atoms with van der Waals surface area (Å²) in [6.45, 7) is 2.37. The first-order valence-corrected chi connectivity index (χ1v) is 10.2. The molecular weight excluding hydrogens is 425 g/mol. The van der Waals surface area contributed by atoms with Crippen molar-refractivity contribution in [3.05, 3.63) is 94.8 Å². The van der Waals surface area contributed by atoms with Gasteiger partial charge in [0.05, 0.1) is 13.3 Å². The number of para-hydroxylation sites is 1. The lowest BCUT2D eigenvalue weighted by atomic mass is 10.1. The van der Waals surface area contributed by atoms with Crippen molar-refractivity contribution in [2.24, 2.45) is 5.10 Å². The number of benzene rings is 3. The summed E-state index contributed by atoms with van der Waals surface area (Å²) >= 11 is 0. The van der Waals surface area contributed by atoms with E-state index in [1.807, 2.05) is 31.2 Å². The van der Waals surface area contributed by atoms with Gasteiger partial charge >= 0.3 is 11.8 Å². The van der Waals surface area contributed by atoms with Gasteiger partial charge in [0.2, 0.25) is 0 Å². The van der Waals surface area contributed by atoms with E-state index in [1.54, 1.807) is 30.3 Å². The van der Waals surface area contributed by atoms with Gasteiger partial charge in [0.15, 0.2) is 11.5 Å². The molecule has 3 aromatic rings. The zero-order valence-electron chi connectivity index (χ0n) is 18.3. The molecule has 0 heterocycles. The number of hydrogen-bond donors (Lipinski definition) is 2. The molecular formula is C25H24FN3O4. The summed E-state index contributed by atoms with van der Waals surface area (Å²) in [6, 6.07) is 18.7. The van der Waals surface area contributed by atoms with Crippen LogP contribution in [0.3, 0.4) is 0 Å². The van der Waals surface area contributed by atoms with Crippen molar-refractivity contribution < 1.29 is 23.5 Å². The number of methoxy groups -OCH3 is 1. The summed E-state index contributed by atoms with van der Waals surface area (Å²) in [4.78, 5) is 24.0. The Morgan fingerprint density at radius 3 is 2.36 bits per heavy atom. The van der Waals surface area contributed by atoms with Crippen molar-refractivity contribution in [3.63, 3.8) is 0 Å². The predicted molar refractivity (Wildman–Crippen MR) is 122 cm³/mol. The number of carbonyl (C=O) groups excluding carboxylic acids is 2. The summed E-state index contributed by atoms with van der Waals surface area (Å²) in [5.41, 5.74) is 5.48. The fourth-order valence-electron chi connectivity index (χ4n) is 2.87. The molecule has 0 bridgehead atoms. The fourth-order valence-corrected chi connectivity index (χ4v) is 2.87. The van der Waals surface area contributed by atoms with Crippen LogP contribution in [0.5, 0.6) is 11.5 Å². The largest absolute Gasteiger partial charge is 0.493 e. The molecule has 170 valence electrons. The van der Waals surface area contributed by atoms with Gasteiger partial charge in [-0.15, -0.1) is 0 Å². The maximum atomic E-state index is 13.1. The van der Waals surface area contributed by atoms with Crippen molar-refractivity contribution >= 4 is 18.0 Å². The maximum Gasteiger partial charge on any atom is 0.329 e. The minimum absolute atomic E-state index is 0.176. The Morgan fingerprint density at radius 1 is 0.970 bits per heavy atom. The predicted octanol–water partition coefficient (Wildman–Crippen LogP) is 3.49. The highest BCUT2D eigenvalue weighted by molar-refractivity contribution is 6.35. The first-order valence-electron chi connectivity index (χ1n) is 10.2. The average Bonchev–Trinajstić information content (AvgIpc) is 2.83. The Labute approximate surface area is 191 Å². The van der Waals surface area contributed by atoms with Crippen LogP contribution in [-0.2, 0) is 22.7 Å². The van der Waals surface area contributed by atoms with E-state index < -0.39 is 11.8 Å². The van der Waals surface area contributed by atoms with Crippen LogP contribution in [0.2, 0.25) is 0 Å². The SMILES string of the molecule is COc1cccc(/C=N\NC(=O)C(=O)NCc2ccc(C)cc2)c1OCc1ccc(F)cc1. The quantitative estimate of drug-likeness (QED) is 0.313. The molecule has 0 aliphatic carbocycles. The molecule has 7 nitrogen and oxygen atoms in total. The zero-order chi connectivity index (χ0) is 23.6. The highest BCUT2D eigenvalue weighted by Crippen LogP contribution is 2.30. The van der Waals surface area contributed by atoms with Crippen molar-refractivity contribution in [1.29, 1.82) is 0 Å². The second-order valence-corrected chi connectivity index (χ2v) is 7.16. The number of rotatable bonds is 8. The minimum atomic E-state index is -0.893. The number of nitrogens with zero attached hydrogens (tertiary/aromatic N) is 1. The Morgan fingerprint density at radius 2 is 1.67 bits per heavy atom. The molecule has 2 N–H and O–H groups in total. The number of amides is 2. The summed E-state index contributed by atoms with van der Waals surface area (Å²) in [6.07, 6.45) is 1.35. The Kier molecular flexibility index (Phi) is 8.13. The molecule has 0 aromatic heterocycles. The van der Waals surface area contributed by atoms with Crippen LogP contribution in [0.4, 0.5) is 4.39 Å². The molecule has 0 fully saturated rings. The smallest absolute Gasteiger partial charge is 0.329 e. The van der Waals surface area contributed by atoms with Gasteiger partial charge in [-0.1, -0.05) is 48.0 Å². The number of aryl methyl sites for hydroxylation is 1. The van der Waals surface area contributed by atoms with E-state index in [4.69, 9.17) is 9.47 Å². The Hall–Kier alpha value is -4.20. The van der Waals surface area contributed by atoms with E-state index in [0.29, 0.717) is 17.1 Å². The lowest BCUT2D eigenvalue weighted by molar-refractivity contribution is -0.139. The molecule has 3 aromatic carbocycles. The van der Waals surface area contributed by atoms with E-state index in [-0.39, 0.29) is 19.0 Å². The van der Waals surface area contributed by atoms with Crippen LogP contribution in [0.25, 0.3) is 0 Å². The molecule has 0 aliphatic rings.